The van der Waals surface area contributed by atoms with Gasteiger partial charge in [-0.15, -0.1) is 0 Å². The summed E-state index contributed by atoms with van der Waals surface area (Å²) in [5.41, 5.74) is 4.65. The maximum atomic E-state index is 10.9. The molecule has 3 rings (SSSR count). The van der Waals surface area contributed by atoms with Gasteiger partial charge in [-0.1, -0.05) is 95.0 Å². The van der Waals surface area contributed by atoms with E-state index in [0.717, 1.165) is 28.1 Å². The third-order valence-electron chi connectivity index (χ3n) is 4.49. The first kappa shape index (κ1) is 25.9. The largest absolute Gasteiger partial charge is 0.382 e. The highest BCUT2D eigenvalue weighted by molar-refractivity contribution is 5.58. The van der Waals surface area contributed by atoms with Gasteiger partial charge in [0.15, 0.2) is 0 Å². The highest BCUT2D eigenvalue weighted by Crippen LogP contribution is 2.27. The maximum Gasteiger partial charge on any atom is 0.122 e. The molecule has 0 saturated carbocycles. The smallest absolute Gasteiger partial charge is 0.122 e. The first-order chi connectivity index (χ1) is 15.2. The number of aliphatic hydroxyl groups excluding tert-OH is 1. The number of aliphatic hydroxyl groups is 1. The van der Waals surface area contributed by atoms with Crippen molar-refractivity contribution in [2.45, 2.75) is 40.7 Å². The van der Waals surface area contributed by atoms with Crippen LogP contribution in [0.25, 0.3) is 11.3 Å². The minimum atomic E-state index is -0.731. The summed E-state index contributed by atoms with van der Waals surface area (Å²) in [6.45, 7) is 15.2. The van der Waals surface area contributed by atoms with Crippen molar-refractivity contribution in [2.24, 2.45) is 0 Å². The Bertz CT molecular complexity index is 852. The van der Waals surface area contributed by atoms with E-state index in [4.69, 9.17) is 0 Å². The van der Waals surface area contributed by atoms with E-state index >= 15 is 0 Å². The highest BCUT2D eigenvalue weighted by atomic mass is 16.3. The molecule has 0 radical (unpaired) electrons. The average Bonchev–Trinajstić information content (AvgIpc) is 3.32. The van der Waals surface area contributed by atoms with E-state index in [0.29, 0.717) is 13.2 Å². The van der Waals surface area contributed by atoms with E-state index in [1.807, 2.05) is 108 Å². The van der Waals surface area contributed by atoms with Crippen LogP contribution in [0.15, 0.2) is 97.0 Å². The molecular weight excluding hydrogens is 382 g/mol. The van der Waals surface area contributed by atoms with Gasteiger partial charge >= 0.3 is 0 Å². The van der Waals surface area contributed by atoms with Gasteiger partial charge in [-0.05, 0) is 18.6 Å². The lowest BCUT2D eigenvalue weighted by atomic mass is 10.1. The van der Waals surface area contributed by atoms with E-state index in [9.17, 15) is 5.11 Å². The molecule has 1 aromatic heterocycles. The van der Waals surface area contributed by atoms with Gasteiger partial charge in [0.2, 0.25) is 0 Å². The summed E-state index contributed by atoms with van der Waals surface area (Å²) in [7, 11) is 0. The zero-order valence-electron chi connectivity index (χ0n) is 19.5. The monoisotopic (exact) mass is 419 g/mol. The van der Waals surface area contributed by atoms with Crippen molar-refractivity contribution in [2.75, 3.05) is 13.2 Å². The predicted molar refractivity (Wildman–Crippen MR) is 133 cm³/mol. The van der Waals surface area contributed by atoms with Crippen LogP contribution in [0.3, 0.4) is 0 Å². The molecule has 0 bridgehead atoms. The van der Waals surface area contributed by atoms with Crippen molar-refractivity contribution in [3.63, 3.8) is 0 Å². The molecular formula is C27H37N3O. The van der Waals surface area contributed by atoms with Gasteiger partial charge < -0.3 is 15.3 Å². The fraction of sp³-hybridized carbons (Fsp3) is 0.296. The molecule has 2 aromatic rings. The molecule has 0 saturated heterocycles. The van der Waals surface area contributed by atoms with Crippen LogP contribution in [0.5, 0.6) is 0 Å². The molecule has 1 unspecified atom stereocenters. The van der Waals surface area contributed by atoms with Gasteiger partial charge in [-0.3, -0.25) is 4.98 Å². The lowest BCUT2D eigenvalue weighted by molar-refractivity contribution is 0.175. The number of allylic oxidation sites excluding steroid dienone is 3. The van der Waals surface area contributed by atoms with Crippen LogP contribution in [-0.4, -0.2) is 28.2 Å². The van der Waals surface area contributed by atoms with Crippen LogP contribution in [-0.2, 0) is 0 Å². The molecule has 4 heteroatoms. The Kier molecular flexibility index (Phi) is 12.4. The minimum absolute atomic E-state index is 0.656. The zero-order chi connectivity index (χ0) is 23.1. The predicted octanol–water partition coefficient (Wildman–Crippen LogP) is 6.23. The molecule has 31 heavy (non-hydrogen) atoms. The number of hydrogen-bond acceptors (Lipinski definition) is 4. The van der Waals surface area contributed by atoms with Crippen LogP contribution in [0.2, 0.25) is 0 Å². The van der Waals surface area contributed by atoms with Crippen molar-refractivity contribution in [1.29, 1.82) is 0 Å². The fourth-order valence-corrected chi connectivity index (χ4v) is 2.99. The summed E-state index contributed by atoms with van der Waals surface area (Å²) in [5, 5.41) is 14.1. The number of nitrogens with one attached hydrogen (secondary N) is 1. The van der Waals surface area contributed by atoms with Crippen molar-refractivity contribution >= 4 is 0 Å². The van der Waals surface area contributed by atoms with Crippen LogP contribution in [0.4, 0.5) is 0 Å². The fourth-order valence-electron chi connectivity index (χ4n) is 2.99. The lowest BCUT2D eigenvalue weighted by Gasteiger charge is -2.25. The Morgan fingerprint density at radius 2 is 1.87 bits per heavy atom. The molecule has 0 fully saturated rings. The van der Waals surface area contributed by atoms with Gasteiger partial charge in [0.1, 0.15) is 6.10 Å². The molecule has 0 amide bonds. The van der Waals surface area contributed by atoms with Crippen molar-refractivity contribution < 1.29 is 5.11 Å². The number of pyridine rings is 1. The minimum Gasteiger partial charge on any atom is -0.382 e. The third-order valence-corrected chi connectivity index (χ3v) is 4.49. The number of hydrogen-bond donors (Lipinski definition) is 2. The molecule has 4 nitrogen and oxygen atoms in total. The summed E-state index contributed by atoms with van der Waals surface area (Å²) in [6, 6.07) is 13.9. The molecule has 1 aromatic carbocycles. The normalized spacial score (nSPS) is 13.9. The Labute approximate surface area is 188 Å². The molecule has 166 valence electrons. The van der Waals surface area contributed by atoms with E-state index < -0.39 is 6.10 Å². The van der Waals surface area contributed by atoms with Gasteiger partial charge in [-0.25, -0.2) is 0 Å². The third kappa shape index (κ3) is 7.58. The van der Waals surface area contributed by atoms with Crippen molar-refractivity contribution in [1.82, 2.24) is 15.2 Å². The molecule has 0 aliphatic carbocycles. The molecule has 0 spiro atoms. The zero-order valence-corrected chi connectivity index (χ0v) is 19.5. The summed E-state index contributed by atoms with van der Waals surface area (Å²) >= 11 is 0. The van der Waals surface area contributed by atoms with Crippen molar-refractivity contribution in [3.8, 4) is 11.3 Å². The molecule has 1 aliphatic heterocycles. The second kappa shape index (κ2) is 14.8. The number of benzene rings is 1. The number of rotatable bonds is 7. The quantitative estimate of drug-likeness (QED) is 0.523. The first-order valence-electron chi connectivity index (χ1n) is 11.0. The number of nitrogens with zero attached hydrogens (tertiary/aromatic N) is 2. The van der Waals surface area contributed by atoms with Crippen LogP contribution < -0.4 is 5.32 Å². The summed E-state index contributed by atoms with van der Waals surface area (Å²) in [6.07, 6.45) is 10.7. The molecule has 2 N–H and O–H groups in total. The standard InChI is InChI=1S/C23H25N3O.2C2H6/c1-3-5-9-18(4-2)16-26-17-24-15-22(26)23(27)20-12-13-21(25-14-20)19-10-7-6-8-11-19;2*1-2/h3-15,23-24,27H,2,16-17H2,1H3;2*1-2H3/b5-3-,18-9+;;. The van der Waals surface area contributed by atoms with E-state index in [-0.39, 0.29) is 0 Å². The topological polar surface area (TPSA) is 48.4 Å². The van der Waals surface area contributed by atoms with E-state index in [2.05, 4.69) is 21.8 Å². The average molecular weight is 420 g/mol. The Balaban J connectivity index is 0.00000113. The van der Waals surface area contributed by atoms with Crippen LogP contribution in [0.1, 0.15) is 46.3 Å². The van der Waals surface area contributed by atoms with Gasteiger partial charge in [0.05, 0.1) is 18.1 Å². The Hall–Kier alpha value is -3.11. The van der Waals surface area contributed by atoms with Crippen LogP contribution >= 0.6 is 0 Å². The van der Waals surface area contributed by atoms with Gasteiger partial charge in [-0.2, -0.15) is 0 Å². The number of aromatic nitrogens is 1. The van der Waals surface area contributed by atoms with Crippen molar-refractivity contribution in [3.05, 3.63) is 103 Å². The lowest BCUT2D eigenvalue weighted by Crippen LogP contribution is -2.28. The summed E-state index contributed by atoms with van der Waals surface area (Å²) in [5.74, 6) is 0. The summed E-state index contributed by atoms with van der Waals surface area (Å²) in [4.78, 5) is 6.63. The second-order valence-electron chi connectivity index (χ2n) is 6.35. The SMILES string of the molecule is C=C/C(=C\C=C/C)CN1CNC=C1C(O)c1ccc(-c2ccccc2)nc1.CC.CC. The Morgan fingerprint density at radius 1 is 1.16 bits per heavy atom. The Morgan fingerprint density at radius 3 is 2.45 bits per heavy atom. The molecule has 1 aliphatic rings. The van der Waals surface area contributed by atoms with E-state index in [1.165, 1.54) is 0 Å². The first-order valence-corrected chi connectivity index (χ1v) is 11.0. The molecule has 2 heterocycles. The molecule has 1 atom stereocenters. The second-order valence-corrected chi connectivity index (χ2v) is 6.35. The maximum absolute atomic E-state index is 10.9. The van der Waals surface area contributed by atoms with Gasteiger partial charge in [0.25, 0.3) is 0 Å². The van der Waals surface area contributed by atoms with E-state index in [1.54, 1.807) is 6.20 Å². The summed E-state index contributed by atoms with van der Waals surface area (Å²) < 4.78 is 0. The van der Waals surface area contributed by atoms with Gasteiger partial charge in [0, 0.05) is 30.1 Å². The highest BCUT2D eigenvalue weighted by Gasteiger charge is 2.23. The van der Waals surface area contributed by atoms with Crippen LogP contribution in [0, 0.1) is 0 Å².